The van der Waals surface area contributed by atoms with Crippen molar-refractivity contribution >= 4 is 37.5 Å². The minimum atomic E-state index is -3.66. The van der Waals surface area contributed by atoms with Crippen LogP contribution in [0.4, 0.5) is 5.69 Å². The van der Waals surface area contributed by atoms with Crippen molar-refractivity contribution in [2.45, 2.75) is 4.90 Å². The molecular formula is C10H14BrN3O4S. The van der Waals surface area contributed by atoms with E-state index >= 15 is 0 Å². The molecule has 19 heavy (non-hydrogen) atoms. The van der Waals surface area contributed by atoms with Gasteiger partial charge in [0.25, 0.3) is 0 Å². The highest BCUT2D eigenvalue weighted by atomic mass is 79.9. The van der Waals surface area contributed by atoms with Gasteiger partial charge < -0.3 is 16.2 Å². The Kier molecular flexibility index (Phi) is 5.73. The molecule has 0 atom stereocenters. The molecule has 0 fully saturated rings. The summed E-state index contributed by atoms with van der Waals surface area (Å²) < 4.78 is 31.4. The van der Waals surface area contributed by atoms with Gasteiger partial charge in [-0.2, -0.15) is 0 Å². The molecule has 1 aromatic rings. The third kappa shape index (κ3) is 5.15. The first-order valence-electron chi connectivity index (χ1n) is 5.23. The Bertz CT molecular complexity index is 562. The van der Waals surface area contributed by atoms with Crippen LogP contribution in [0.5, 0.6) is 0 Å². The smallest absolute Gasteiger partial charge is 0.243 e. The number of rotatable bonds is 7. The average Bonchev–Trinajstić information content (AvgIpc) is 2.27. The molecule has 0 aliphatic carbocycles. The van der Waals surface area contributed by atoms with Crippen LogP contribution in [0.3, 0.4) is 0 Å². The summed E-state index contributed by atoms with van der Waals surface area (Å²) in [5.74, 6) is -0.607. The maximum atomic E-state index is 11.9. The SMILES string of the molecule is NC(=O)COCCNS(=O)(=O)c1ccc(N)cc1Br. The largest absolute Gasteiger partial charge is 0.399 e. The third-order valence-corrected chi connectivity index (χ3v) is 4.47. The normalized spacial score (nSPS) is 11.4. The summed E-state index contributed by atoms with van der Waals surface area (Å²) in [6, 6.07) is 4.38. The summed E-state index contributed by atoms with van der Waals surface area (Å²) >= 11 is 3.13. The van der Waals surface area contributed by atoms with E-state index in [1.165, 1.54) is 18.2 Å². The molecule has 0 saturated carbocycles. The lowest BCUT2D eigenvalue weighted by atomic mass is 10.3. The Morgan fingerprint density at radius 1 is 1.42 bits per heavy atom. The summed E-state index contributed by atoms with van der Waals surface area (Å²) in [4.78, 5) is 10.5. The lowest BCUT2D eigenvalue weighted by molar-refractivity contribution is -0.122. The van der Waals surface area contributed by atoms with Crippen molar-refractivity contribution in [1.82, 2.24) is 4.72 Å². The van der Waals surface area contributed by atoms with Crippen molar-refractivity contribution in [1.29, 1.82) is 0 Å². The molecule has 1 rings (SSSR count). The van der Waals surface area contributed by atoms with Crippen LogP contribution in [-0.4, -0.2) is 34.1 Å². The first-order chi connectivity index (χ1) is 8.83. The van der Waals surface area contributed by atoms with Crippen molar-refractivity contribution in [2.24, 2.45) is 5.73 Å². The number of sulfonamides is 1. The lowest BCUT2D eigenvalue weighted by Crippen LogP contribution is -2.29. The summed E-state index contributed by atoms with van der Waals surface area (Å²) in [5, 5.41) is 0. The van der Waals surface area contributed by atoms with Gasteiger partial charge in [0.1, 0.15) is 6.61 Å². The predicted octanol–water partition coefficient (Wildman–Crippen LogP) is -0.189. The van der Waals surface area contributed by atoms with Gasteiger partial charge in [-0.3, -0.25) is 4.79 Å². The number of hydrogen-bond acceptors (Lipinski definition) is 5. The van der Waals surface area contributed by atoms with Crippen molar-refractivity contribution in [2.75, 3.05) is 25.5 Å². The van der Waals surface area contributed by atoms with Gasteiger partial charge in [0, 0.05) is 16.7 Å². The van der Waals surface area contributed by atoms with E-state index in [2.05, 4.69) is 20.7 Å². The fraction of sp³-hybridized carbons (Fsp3) is 0.300. The van der Waals surface area contributed by atoms with Crippen LogP contribution in [0, 0.1) is 0 Å². The summed E-state index contributed by atoms with van der Waals surface area (Å²) in [6.45, 7) is -0.158. The molecule has 0 unspecified atom stereocenters. The zero-order valence-corrected chi connectivity index (χ0v) is 12.3. The van der Waals surface area contributed by atoms with Gasteiger partial charge in [-0.25, -0.2) is 13.1 Å². The summed E-state index contributed by atoms with van der Waals surface area (Å²) in [6.07, 6.45) is 0. The third-order valence-electron chi connectivity index (χ3n) is 2.03. The molecule has 0 heterocycles. The van der Waals surface area contributed by atoms with Gasteiger partial charge in [-0.1, -0.05) is 0 Å². The number of amides is 1. The van der Waals surface area contributed by atoms with E-state index in [1.807, 2.05) is 0 Å². The minimum Gasteiger partial charge on any atom is -0.399 e. The number of nitrogens with two attached hydrogens (primary N) is 2. The average molecular weight is 352 g/mol. The lowest BCUT2D eigenvalue weighted by Gasteiger charge is -2.09. The van der Waals surface area contributed by atoms with Crippen LogP contribution in [0.2, 0.25) is 0 Å². The topological polar surface area (TPSA) is 125 Å². The van der Waals surface area contributed by atoms with Gasteiger partial charge in [0.15, 0.2) is 0 Å². The molecule has 0 aliphatic rings. The quantitative estimate of drug-likeness (QED) is 0.463. The second-order valence-corrected chi connectivity index (χ2v) is 6.20. The predicted molar refractivity (Wildman–Crippen MR) is 73.8 cm³/mol. The number of carbonyl (C=O) groups excluding carboxylic acids is 1. The van der Waals surface area contributed by atoms with Gasteiger partial charge >= 0.3 is 0 Å². The number of halogens is 1. The van der Waals surface area contributed by atoms with E-state index < -0.39 is 15.9 Å². The van der Waals surface area contributed by atoms with E-state index in [-0.39, 0.29) is 24.7 Å². The van der Waals surface area contributed by atoms with Crippen molar-refractivity contribution < 1.29 is 17.9 Å². The van der Waals surface area contributed by atoms with E-state index in [0.717, 1.165) is 0 Å². The van der Waals surface area contributed by atoms with E-state index in [9.17, 15) is 13.2 Å². The van der Waals surface area contributed by atoms with Crippen molar-refractivity contribution in [3.05, 3.63) is 22.7 Å². The highest BCUT2D eigenvalue weighted by Gasteiger charge is 2.16. The maximum Gasteiger partial charge on any atom is 0.243 e. The zero-order valence-electron chi connectivity index (χ0n) is 9.93. The Morgan fingerprint density at radius 3 is 2.68 bits per heavy atom. The van der Waals surface area contributed by atoms with E-state index in [0.29, 0.717) is 10.2 Å². The second-order valence-electron chi connectivity index (χ2n) is 3.61. The van der Waals surface area contributed by atoms with E-state index in [4.69, 9.17) is 16.2 Å². The molecule has 106 valence electrons. The Morgan fingerprint density at radius 2 is 2.11 bits per heavy atom. The highest BCUT2D eigenvalue weighted by molar-refractivity contribution is 9.10. The fourth-order valence-corrected chi connectivity index (χ4v) is 3.34. The standard InChI is InChI=1S/C10H14BrN3O4S/c11-8-5-7(12)1-2-9(8)19(16,17)14-3-4-18-6-10(13)15/h1-2,5,14H,3-4,6,12H2,(H2,13,15). The van der Waals surface area contributed by atoms with Crippen LogP contribution >= 0.6 is 15.9 Å². The minimum absolute atomic E-state index is 0.0342. The number of carbonyl (C=O) groups is 1. The monoisotopic (exact) mass is 351 g/mol. The number of nitrogen functional groups attached to an aromatic ring is 1. The molecular weight excluding hydrogens is 338 g/mol. The highest BCUT2D eigenvalue weighted by Crippen LogP contribution is 2.23. The molecule has 0 radical (unpaired) electrons. The molecule has 0 aliphatic heterocycles. The molecule has 0 saturated heterocycles. The Labute approximate surface area is 119 Å². The molecule has 0 aromatic heterocycles. The molecule has 9 heteroatoms. The van der Waals surface area contributed by atoms with Crippen molar-refractivity contribution in [3.8, 4) is 0 Å². The molecule has 5 N–H and O–H groups in total. The van der Waals surface area contributed by atoms with Crippen LogP contribution in [0.25, 0.3) is 0 Å². The molecule has 0 bridgehead atoms. The number of hydrogen-bond donors (Lipinski definition) is 3. The second kappa shape index (κ2) is 6.85. The first-order valence-corrected chi connectivity index (χ1v) is 7.51. The van der Waals surface area contributed by atoms with E-state index in [1.54, 1.807) is 0 Å². The van der Waals surface area contributed by atoms with Crippen LogP contribution in [0.1, 0.15) is 0 Å². The first kappa shape index (κ1) is 15.9. The maximum absolute atomic E-state index is 11.9. The summed E-state index contributed by atoms with van der Waals surface area (Å²) in [5.41, 5.74) is 10.8. The van der Waals surface area contributed by atoms with Crippen LogP contribution < -0.4 is 16.2 Å². The Balaban J connectivity index is 2.59. The zero-order chi connectivity index (χ0) is 14.5. The van der Waals surface area contributed by atoms with Crippen molar-refractivity contribution in [3.63, 3.8) is 0 Å². The van der Waals surface area contributed by atoms with Gasteiger partial charge in [0.2, 0.25) is 15.9 Å². The van der Waals surface area contributed by atoms with Crippen LogP contribution in [0.15, 0.2) is 27.6 Å². The number of anilines is 1. The molecule has 7 nitrogen and oxygen atoms in total. The van der Waals surface area contributed by atoms with Gasteiger partial charge in [-0.05, 0) is 34.1 Å². The molecule has 1 aromatic carbocycles. The molecule has 0 spiro atoms. The molecule has 1 amide bonds. The number of ether oxygens (including phenoxy) is 1. The summed E-state index contributed by atoms with van der Waals surface area (Å²) in [7, 11) is -3.66. The Hall–Kier alpha value is -1.16. The van der Waals surface area contributed by atoms with Crippen LogP contribution in [-0.2, 0) is 19.6 Å². The number of benzene rings is 1. The number of nitrogens with one attached hydrogen (secondary N) is 1. The number of primary amides is 1. The van der Waals surface area contributed by atoms with Gasteiger partial charge in [0.05, 0.1) is 11.5 Å². The fourth-order valence-electron chi connectivity index (χ4n) is 1.23. The van der Waals surface area contributed by atoms with Gasteiger partial charge in [-0.15, -0.1) is 0 Å².